The lowest BCUT2D eigenvalue weighted by Gasteiger charge is -2.20. The molecule has 3 nitrogen and oxygen atoms in total. The maximum absolute atomic E-state index is 5.60. The predicted octanol–water partition coefficient (Wildman–Crippen LogP) is 2.24. The topological polar surface area (TPSA) is 38.5 Å². The maximum Gasteiger partial charge on any atom is 0.118 e. The SMILES string of the molecule is CCCN(CCc1ccc(OC)cc1)CC(N)=S. The van der Waals surface area contributed by atoms with Crippen molar-refractivity contribution in [2.45, 2.75) is 19.8 Å². The Morgan fingerprint density at radius 3 is 2.44 bits per heavy atom. The highest BCUT2D eigenvalue weighted by molar-refractivity contribution is 7.80. The number of rotatable bonds is 8. The van der Waals surface area contributed by atoms with Crippen LogP contribution in [0.25, 0.3) is 0 Å². The van der Waals surface area contributed by atoms with Crippen molar-refractivity contribution in [2.24, 2.45) is 5.73 Å². The highest BCUT2D eigenvalue weighted by Gasteiger charge is 2.05. The van der Waals surface area contributed by atoms with Gasteiger partial charge in [0.1, 0.15) is 5.75 Å². The van der Waals surface area contributed by atoms with E-state index in [0.29, 0.717) is 11.5 Å². The van der Waals surface area contributed by atoms with E-state index in [9.17, 15) is 0 Å². The van der Waals surface area contributed by atoms with Gasteiger partial charge in [0.2, 0.25) is 0 Å². The number of nitrogens with two attached hydrogens (primary N) is 1. The minimum absolute atomic E-state index is 0.568. The van der Waals surface area contributed by atoms with Crippen LogP contribution in [0.2, 0.25) is 0 Å². The molecule has 2 N–H and O–H groups in total. The molecular formula is C14H22N2OS. The molecule has 1 aromatic carbocycles. The van der Waals surface area contributed by atoms with E-state index < -0.39 is 0 Å². The van der Waals surface area contributed by atoms with Crippen LogP contribution in [0.1, 0.15) is 18.9 Å². The van der Waals surface area contributed by atoms with Crippen LogP contribution in [0, 0.1) is 0 Å². The summed E-state index contributed by atoms with van der Waals surface area (Å²) in [6.45, 7) is 4.89. The molecule has 18 heavy (non-hydrogen) atoms. The van der Waals surface area contributed by atoms with Gasteiger partial charge in [-0.25, -0.2) is 0 Å². The van der Waals surface area contributed by atoms with Gasteiger partial charge in [0, 0.05) is 13.1 Å². The Labute approximate surface area is 115 Å². The Morgan fingerprint density at radius 2 is 1.94 bits per heavy atom. The Hall–Kier alpha value is -1.13. The number of hydrogen-bond donors (Lipinski definition) is 1. The molecule has 0 fully saturated rings. The average molecular weight is 266 g/mol. The summed E-state index contributed by atoms with van der Waals surface area (Å²) < 4.78 is 5.14. The molecule has 0 amide bonds. The summed E-state index contributed by atoms with van der Waals surface area (Å²) >= 11 is 4.97. The Bertz CT molecular complexity index is 365. The third kappa shape index (κ3) is 5.47. The van der Waals surface area contributed by atoms with Crippen molar-refractivity contribution in [3.8, 4) is 5.75 Å². The molecule has 0 aromatic heterocycles. The molecule has 0 heterocycles. The summed E-state index contributed by atoms with van der Waals surface area (Å²) in [5.41, 5.74) is 6.91. The van der Waals surface area contributed by atoms with Crippen LogP contribution in [0.15, 0.2) is 24.3 Å². The van der Waals surface area contributed by atoms with E-state index in [-0.39, 0.29) is 0 Å². The Morgan fingerprint density at radius 1 is 1.28 bits per heavy atom. The van der Waals surface area contributed by atoms with Crippen molar-refractivity contribution in [2.75, 3.05) is 26.7 Å². The fraction of sp³-hybridized carbons (Fsp3) is 0.500. The van der Waals surface area contributed by atoms with Crippen LogP contribution in [0.5, 0.6) is 5.75 Å². The van der Waals surface area contributed by atoms with E-state index in [2.05, 4.69) is 24.0 Å². The van der Waals surface area contributed by atoms with Crippen LogP contribution < -0.4 is 10.5 Å². The first-order valence-electron chi connectivity index (χ1n) is 6.29. The second-order valence-electron chi connectivity index (χ2n) is 4.34. The van der Waals surface area contributed by atoms with Gasteiger partial charge < -0.3 is 10.5 Å². The molecule has 0 saturated heterocycles. The third-order valence-electron chi connectivity index (χ3n) is 2.80. The van der Waals surface area contributed by atoms with Crippen molar-refractivity contribution in [1.82, 2.24) is 4.90 Å². The molecular weight excluding hydrogens is 244 g/mol. The fourth-order valence-electron chi connectivity index (χ4n) is 1.89. The molecule has 1 rings (SSSR count). The fourth-order valence-corrected chi connectivity index (χ4v) is 2.07. The molecule has 0 unspecified atom stereocenters. The zero-order valence-electron chi connectivity index (χ0n) is 11.2. The summed E-state index contributed by atoms with van der Waals surface area (Å²) in [4.78, 5) is 2.87. The standard InChI is InChI=1S/C14H22N2OS/c1-3-9-16(11-14(15)18)10-8-12-4-6-13(17-2)7-5-12/h4-7H,3,8-11H2,1-2H3,(H2,15,18). The summed E-state index contributed by atoms with van der Waals surface area (Å²) in [5.74, 6) is 0.896. The molecule has 4 heteroatoms. The largest absolute Gasteiger partial charge is 0.497 e. The lowest BCUT2D eigenvalue weighted by atomic mass is 10.1. The molecule has 0 bridgehead atoms. The van der Waals surface area contributed by atoms with Gasteiger partial charge in [-0.05, 0) is 37.1 Å². The van der Waals surface area contributed by atoms with Crippen molar-refractivity contribution in [3.05, 3.63) is 29.8 Å². The first-order chi connectivity index (χ1) is 8.65. The van der Waals surface area contributed by atoms with E-state index in [1.54, 1.807) is 7.11 Å². The molecule has 0 aliphatic heterocycles. The first-order valence-corrected chi connectivity index (χ1v) is 6.70. The van der Waals surface area contributed by atoms with Crippen LogP contribution in [0.3, 0.4) is 0 Å². The zero-order chi connectivity index (χ0) is 13.4. The van der Waals surface area contributed by atoms with Crippen LogP contribution in [-0.2, 0) is 6.42 Å². The van der Waals surface area contributed by atoms with Crippen molar-refractivity contribution < 1.29 is 4.74 Å². The molecule has 0 aliphatic rings. The molecule has 0 spiro atoms. The molecule has 1 aromatic rings. The molecule has 100 valence electrons. The van der Waals surface area contributed by atoms with Gasteiger partial charge in [-0.2, -0.15) is 0 Å². The highest BCUT2D eigenvalue weighted by atomic mass is 32.1. The van der Waals surface area contributed by atoms with Crippen LogP contribution in [-0.4, -0.2) is 36.6 Å². The number of nitrogens with zero attached hydrogens (tertiary/aromatic N) is 1. The second-order valence-corrected chi connectivity index (χ2v) is 4.86. The maximum atomic E-state index is 5.60. The highest BCUT2D eigenvalue weighted by Crippen LogP contribution is 2.12. The lowest BCUT2D eigenvalue weighted by Crippen LogP contribution is -2.34. The zero-order valence-corrected chi connectivity index (χ0v) is 12.0. The summed E-state index contributed by atoms with van der Waals surface area (Å²) in [7, 11) is 1.68. The minimum Gasteiger partial charge on any atom is -0.497 e. The van der Waals surface area contributed by atoms with E-state index in [0.717, 1.165) is 31.7 Å². The number of benzene rings is 1. The van der Waals surface area contributed by atoms with E-state index >= 15 is 0 Å². The van der Waals surface area contributed by atoms with E-state index in [4.69, 9.17) is 22.7 Å². The normalized spacial score (nSPS) is 10.6. The Kier molecular flexibility index (Phi) is 6.68. The molecule has 0 atom stereocenters. The van der Waals surface area contributed by atoms with Gasteiger partial charge in [-0.15, -0.1) is 0 Å². The smallest absolute Gasteiger partial charge is 0.118 e. The second kappa shape index (κ2) is 8.06. The summed E-state index contributed by atoms with van der Waals surface area (Å²) in [5, 5.41) is 0. The lowest BCUT2D eigenvalue weighted by molar-refractivity contribution is 0.316. The monoisotopic (exact) mass is 266 g/mol. The number of methoxy groups -OCH3 is 1. The van der Waals surface area contributed by atoms with Crippen LogP contribution >= 0.6 is 12.2 Å². The molecule has 0 saturated carbocycles. The average Bonchev–Trinajstić information content (AvgIpc) is 2.36. The summed E-state index contributed by atoms with van der Waals surface area (Å²) in [6, 6.07) is 8.19. The van der Waals surface area contributed by atoms with Gasteiger partial charge in [0.25, 0.3) is 0 Å². The van der Waals surface area contributed by atoms with Gasteiger partial charge >= 0.3 is 0 Å². The van der Waals surface area contributed by atoms with Gasteiger partial charge in [0.15, 0.2) is 0 Å². The quantitative estimate of drug-likeness (QED) is 0.732. The van der Waals surface area contributed by atoms with Crippen molar-refractivity contribution in [1.29, 1.82) is 0 Å². The number of ether oxygens (including phenoxy) is 1. The first kappa shape index (κ1) is 14.9. The van der Waals surface area contributed by atoms with Crippen LogP contribution in [0.4, 0.5) is 0 Å². The molecule has 0 aliphatic carbocycles. The number of thiocarbonyl (C=S) groups is 1. The molecule has 0 radical (unpaired) electrons. The van der Waals surface area contributed by atoms with Crippen molar-refractivity contribution >= 4 is 17.2 Å². The van der Waals surface area contributed by atoms with Gasteiger partial charge in [-0.3, -0.25) is 4.90 Å². The number of hydrogen-bond acceptors (Lipinski definition) is 3. The van der Waals surface area contributed by atoms with Crippen molar-refractivity contribution in [3.63, 3.8) is 0 Å². The van der Waals surface area contributed by atoms with E-state index in [1.165, 1.54) is 5.56 Å². The summed E-state index contributed by atoms with van der Waals surface area (Å²) in [6.07, 6.45) is 2.12. The predicted molar refractivity (Wildman–Crippen MR) is 80.2 cm³/mol. The van der Waals surface area contributed by atoms with E-state index in [1.807, 2.05) is 12.1 Å². The van der Waals surface area contributed by atoms with Gasteiger partial charge in [-0.1, -0.05) is 31.3 Å². The Balaban J connectivity index is 2.46. The minimum atomic E-state index is 0.568. The van der Waals surface area contributed by atoms with Gasteiger partial charge in [0.05, 0.1) is 12.1 Å². The third-order valence-corrected chi connectivity index (χ3v) is 2.92.